The van der Waals surface area contributed by atoms with Crippen LogP contribution in [0.15, 0.2) is 0 Å². The minimum absolute atomic E-state index is 0.214. The molecule has 84 valence electrons. The highest BCUT2D eigenvalue weighted by atomic mass is 16.1. The first-order chi connectivity index (χ1) is 7.27. The summed E-state index contributed by atoms with van der Waals surface area (Å²) in [5.41, 5.74) is 0. The Morgan fingerprint density at radius 1 is 0.800 bits per heavy atom. The van der Waals surface area contributed by atoms with Crippen molar-refractivity contribution in [1.29, 1.82) is 0 Å². The fourth-order valence-corrected chi connectivity index (χ4v) is 2.95. The Kier molecular flexibility index (Phi) is 3.55. The van der Waals surface area contributed by atoms with E-state index in [0.717, 1.165) is 44.9 Å². The normalized spacial score (nSPS) is 33.1. The summed E-state index contributed by atoms with van der Waals surface area (Å²) in [7, 11) is 0. The van der Waals surface area contributed by atoms with Crippen molar-refractivity contribution < 1.29 is 9.59 Å². The van der Waals surface area contributed by atoms with Crippen molar-refractivity contribution in [3.63, 3.8) is 0 Å². The Labute approximate surface area is 91.4 Å². The Balaban J connectivity index is 1.89. The van der Waals surface area contributed by atoms with Gasteiger partial charge in [0, 0.05) is 24.7 Å². The van der Waals surface area contributed by atoms with Gasteiger partial charge in [-0.2, -0.15) is 0 Å². The lowest BCUT2D eigenvalue weighted by molar-refractivity contribution is -0.128. The lowest BCUT2D eigenvalue weighted by atomic mass is 9.76. The average Bonchev–Trinajstić information content (AvgIpc) is 2.24. The molecule has 0 heterocycles. The molecular weight excluding hydrogens is 188 g/mol. The number of carbonyl (C=O) groups excluding carboxylic acids is 2. The number of hydrogen-bond donors (Lipinski definition) is 0. The van der Waals surface area contributed by atoms with Crippen molar-refractivity contribution in [2.24, 2.45) is 11.8 Å². The van der Waals surface area contributed by atoms with E-state index >= 15 is 0 Å². The minimum atomic E-state index is 0.214. The largest absolute Gasteiger partial charge is 0.299 e. The summed E-state index contributed by atoms with van der Waals surface area (Å²) in [6, 6.07) is 0. The number of ketones is 2. The summed E-state index contributed by atoms with van der Waals surface area (Å²) in [6.07, 6.45) is 8.91. The van der Waals surface area contributed by atoms with Crippen molar-refractivity contribution >= 4 is 11.6 Å². The number of rotatable bonds is 2. The van der Waals surface area contributed by atoms with Gasteiger partial charge >= 0.3 is 0 Å². The molecule has 2 saturated carbocycles. The molecule has 2 heteroatoms. The summed E-state index contributed by atoms with van der Waals surface area (Å²) in [6.45, 7) is 0. The summed E-state index contributed by atoms with van der Waals surface area (Å²) in [4.78, 5) is 23.3. The first-order valence-corrected chi connectivity index (χ1v) is 6.33. The van der Waals surface area contributed by atoms with Crippen molar-refractivity contribution in [2.45, 2.75) is 57.8 Å². The predicted octanol–water partition coefficient (Wildman–Crippen LogP) is 2.90. The molecule has 0 bridgehead atoms. The van der Waals surface area contributed by atoms with Crippen LogP contribution in [-0.2, 0) is 9.59 Å². The maximum absolute atomic E-state index is 11.7. The molecule has 0 radical (unpaired) electrons. The summed E-state index contributed by atoms with van der Waals surface area (Å²) in [5.74, 6) is 1.26. The van der Waals surface area contributed by atoms with Gasteiger partial charge < -0.3 is 0 Å². The molecule has 2 aliphatic rings. The first-order valence-electron chi connectivity index (χ1n) is 6.33. The highest BCUT2D eigenvalue weighted by molar-refractivity contribution is 5.84. The van der Waals surface area contributed by atoms with Gasteiger partial charge in [0.1, 0.15) is 11.6 Å². The topological polar surface area (TPSA) is 34.1 Å². The van der Waals surface area contributed by atoms with Gasteiger partial charge in [-0.25, -0.2) is 0 Å². The van der Waals surface area contributed by atoms with Crippen LogP contribution in [0.5, 0.6) is 0 Å². The van der Waals surface area contributed by atoms with Crippen molar-refractivity contribution in [1.82, 2.24) is 0 Å². The fraction of sp³-hybridized carbons (Fsp3) is 0.846. The molecule has 2 fully saturated rings. The van der Waals surface area contributed by atoms with E-state index in [1.807, 2.05) is 0 Å². The lowest BCUT2D eigenvalue weighted by Crippen LogP contribution is -2.27. The van der Waals surface area contributed by atoms with Crippen molar-refractivity contribution in [3.8, 4) is 0 Å². The van der Waals surface area contributed by atoms with E-state index in [4.69, 9.17) is 0 Å². The zero-order valence-electron chi connectivity index (χ0n) is 9.34. The van der Waals surface area contributed by atoms with Crippen LogP contribution >= 0.6 is 0 Å². The minimum Gasteiger partial charge on any atom is -0.299 e. The van der Waals surface area contributed by atoms with E-state index < -0.39 is 0 Å². The van der Waals surface area contributed by atoms with Crippen LogP contribution < -0.4 is 0 Å². The maximum atomic E-state index is 11.7. The zero-order chi connectivity index (χ0) is 10.7. The quantitative estimate of drug-likeness (QED) is 0.699. The summed E-state index contributed by atoms with van der Waals surface area (Å²) < 4.78 is 0. The molecule has 0 amide bonds. The zero-order valence-corrected chi connectivity index (χ0v) is 9.34. The van der Waals surface area contributed by atoms with Crippen LogP contribution in [-0.4, -0.2) is 11.6 Å². The van der Waals surface area contributed by atoms with Crippen molar-refractivity contribution in [3.05, 3.63) is 0 Å². The second-order valence-corrected chi connectivity index (χ2v) is 5.05. The van der Waals surface area contributed by atoms with E-state index in [2.05, 4.69) is 0 Å². The molecule has 0 aromatic rings. The second-order valence-electron chi connectivity index (χ2n) is 5.05. The summed E-state index contributed by atoms with van der Waals surface area (Å²) in [5, 5.41) is 0. The molecule has 2 aliphatic carbocycles. The van der Waals surface area contributed by atoms with E-state index in [1.54, 1.807) is 0 Å². The van der Waals surface area contributed by atoms with E-state index in [0.29, 0.717) is 11.6 Å². The van der Waals surface area contributed by atoms with E-state index in [9.17, 15) is 9.59 Å². The molecule has 0 unspecified atom stereocenters. The van der Waals surface area contributed by atoms with Gasteiger partial charge in [-0.1, -0.05) is 12.8 Å². The lowest BCUT2D eigenvalue weighted by Gasteiger charge is -2.27. The Bertz CT molecular complexity index is 231. The van der Waals surface area contributed by atoms with E-state index in [-0.39, 0.29) is 11.8 Å². The third-order valence-corrected chi connectivity index (χ3v) is 3.93. The van der Waals surface area contributed by atoms with E-state index in [1.165, 1.54) is 12.8 Å². The maximum Gasteiger partial charge on any atom is 0.135 e. The molecule has 15 heavy (non-hydrogen) atoms. The Morgan fingerprint density at radius 2 is 1.27 bits per heavy atom. The number of carbonyl (C=O) groups is 2. The molecule has 0 spiro atoms. The van der Waals surface area contributed by atoms with Crippen LogP contribution in [0, 0.1) is 11.8 Å². The van der Waals surface area contributed by atoms with Gasteiger partial charge in [0.2, 0.25) is 0 Å². The van der Waals surface area contributed by atoms with Crippen LogP contribution in [0.1, 0.15) is 57.8 Å². The predicted molar refractivity (Wildman–Crippen MR) is 58.5 cm³/mol. The molecule has 0 saturated heterocycles. The molecular formula is C13H20O2. The van der Waals surface area contributed by atoms with Crippen molar-refractivity contribution in [2.75, 3.05) is 0 Å². The van der Waals surface area contributed by atoms with Gasteiger partial charge in [0.05, 0.1) is 0 Å². The first kappa shape index (κ1) is 10.8. The third-order valence-electron chi connectivity index (χ3n) is 3.93. The van der Waals surface area contributed by atoms with Crippen LogP contribution in [0.3, 0.4) is 0 Å². The SMILES string of the molecule is O=C1CCCC[C@@H]1C[C@H]1CCCCC1=O. The van der Waals surface area contributed by atoms with Gasteiger partial charge in [0.15, 0.2) is 0 Å². The monoisotopic (exact) mass is 208 g/mol. The molecule has 2 nitrogen and oxygen atoms in total. The molecule has 2 atom stereocenters. The third kappa shape index (κ3) is 2.67. The highest BCUT2D eigenvalue weighted by Crippen LogP contribution is 2.31. The molecule has 2 rings (SSSR count). The fourth-order valence-electron chi connectivity index (χ4n) is 2.95. The Hall–Kier alpha value is -0.660. The molecule has 0 aliphatic heterocycles. The van der Waals surface area contributed by atoms with Crippen LogP contribution in [0.4, 0.5) is 0 Å². The van der Waals surface area contributed by atoms with Gasteiger partial charge in [0.25, 0.3) is 0 Å². The smallest absolute Gasteiger partial charge is 0.135 e. The number of Topliss-reactive ketones (excluding diaryl/α,β-unsaturated/α-hetero) is 2. The van der Waals surface area contributed by atoms with Gasteiger partial charge in [-0.3, -0.25) is 9.59 Å². The molecule has 0 aromatic carbocycles. The van der Waals surface area contributed by atoms with Gasteiger partial charge in [-0.15, -0.1) is 0 Å². The van der Waals surface area contributed by atoms with Gasteiger partial charge in [-0.05, 0) is 32.1 Å². The number of hydrogen-bond acceptors (Lipinski definition) is 2. The highest BCUT2D eigenvalue weighted by Gasteiger charge is 2.29. The molecule has 0 aromatic heterocycles. The van der Waals surface area contributed by atoms with Crippen LogP contribution in [0.2, 0.25) is 0 Å². The molecule has 0 N–H and O–H groups in total. The standard InChI is InChI=1S/C13H20O2/c14-12-7-3-1-5-10(12)9-11-6-2-4-8-13(11)15/h10-11H,1-9H2/t10-,11-/m1/s1. The summed E-state index contributed by atoms with van der Waals surface area (Å²) >= 11 is 0. The Morgan fingerprint density at radius 3 is 1.67 bits per heavy atom. The van der Waals surface area contributed by atoms with Crippen LogP contribution in [0.25, 0.3) is 0 Å². The second kappa shape index (κ2) is 4.91. The average molecular weight is 208 g/mol.